The van der Waals surface area contributed by atoms with Crippen molar-refractivity contribution in [1.82, 2.24) is 5.32 Å². The first-order chi connectivity index (χ1) is 9.56. The first kappa shape index (κ1) is 15.0. The Morgan fingerprint density at radius 3 is 2.85 bits per heavy atom. The average molecular weight is 276 g/mol. The number of benzene rings is 1. The summed E-state index contributed by atoms with van der Waals surface area (Å²) < 4.78 is 0. The van der Waals surface area contributed by atoms with Crippen LogP contribution in [0.2, 0.25) is 0 Å². The van der Waals surface area contributed by atoms with Gasteiger partial charge in [-0.05, 0) is 37.7 Å². The van der Waals surface area contributed by atoms with Gasteiger partial charge in [-0.25, -0.2) is 0 Å². The zero-order valence-corrected chi connectivity index (χ0v) is 12.3. The number of hydrogen-bond acceptors (Lipinski definition) is 3. The van der Waals surface area contributed by atoms with Crippen LogP contribution in [0.15, 0.2) is 24.3 Å². The van der Waals surface area contributed by atoms with Gasteiger partial charge < -0.3 is 5.32 Å². The quantitative estimate of drug-likeness (QED) is 0.509. The molecule has 1 aromatic rings. The summed E-state index contributed by atoms with van der Waals surface area (Å²) >= 11 is 0. The van der Waals surface area contributed by atoms with Crippen molar-refractivity contribution in [2.45, 2.75) is 58.0 Å². The predicted octanol–water partition coefficient (Wildman–Crippen LogP) is 4.21. The summed E-state index contributed by atoms with van der Waals surface area (Å²) in [6, 6.07) is 7.65. The molecule has 3 atom stereocenters. The van der Waals surface area contributed by atoms with Crippen molar-refractivity contribution >= 4 is 5.69 Å². The third kappa shape index (κ3) is 4.04. The number of hydrogen-bond donors (Lipinski definition) is 1. The summed E-state index contributed by atoms with van der Waals surface area (Å²) in [6.45, 7) is 4.42. The molecule has 0 spiro atoms. The maximum Gasteiger partial charge on any atom is 0.269 e. The van der Waals surface area contributed by atoms with E-state index < -0.39 is 0 Å². The molecular weight excluding hydrogens is 252 g/mol. The molecule has 0 saturated heterocycles. The van der Waals surface area contributed by atoms with Crippen LogP contribution in [-0.2, 0) is 0 Å². The standard InChI is InChI=1S/C16H24N2O2/c1-12-5-3-7-15(10-9-12)17-13(2)14-6-4-8-16(11-14)18(19)20/h4,6,8,11-13,15,17H,3,5,7,9-10H2,1-2H3. The van der Waals surface area contributed by atoms with E-state index in [4.69, 9.17) is 0 Å². The molecule has 4 nitrogen and oxygen atoms in total. The second-order valence-electron chi connectivity index (χ2n) is 6.05. The zero-order chi connectivity index (χ0) is 14.5. The highest BCUT2D eigenvalue weighted by atomic mass is 16.6. The van der Waals surface area contributed by atoms with E-state index >= 15 is 0 Å². The second kappa shape index (κ2) is 6.84. The summed E-state index contributed by atoms with van der Waals surface area (Å²) in [5.74, 6) is 0.829. The molecule has 1 aliphatic rings. The lowest BCUT2D eigenvalue weighted by Gasteiger charge is -2.22. The Morgan fingerprint density at radius 2 is 2.10 bits per heavy atom. The molecule has 110 valence electrons. The van der Waals surface area contributed by atoms with Gasteiger partial charge in [-0.2, -0.15) is 0 Å². The summed E-state index contributed by atoms with van der Waals surface area (Å²) in [6.07, 6.45) is 6.30. The molecule has 1 aliphatic carbocycles. The molecular formula is C16H24N2O2. The normalized spacial score (nSPS) is 24.9. The fraction of sp³-hybridized carbons (Fsp3) is 0.625. The van der Waals surface area contributed by atoms with Gasteiger partial charge in [-0.15, -0.1) is 0 Å². The number of rotatable bonds is 4. The van der Waals surface area contributed by atoms with Gasteiger partial charge in [0.25, 0.3) is 5.69 Å². The molecule has 0 radical (unpaired) electrons. The lowest BCUT2D eigenvalue weighted by Crippen LogP contribution is -2.31. The molecule has 0 heterocycles. The highest BCUT2D eigenvalue weighted by Gasteiger charge is 2.19. The lowest BCUT2D eigenvalue weighted by molar-refractivity contribution is -0.384. The Balaban J connectivity index is 1.98. The van der Waals surface area contributed by atoms with Gasteiger partial charge in [0.1, 0.15) is 0 Å². The van der Waals surface area contributed by atoms with Crippen molar-refractivity contribution in [3.8, 4) is 0 Å². The molecule has 3 unspecified atom stereocenters. The van der Waals surface area contributed by atoms with E-state index in [0.717, 1.165) is 11.5 Å². The highest BCUT2D eigenvalue weighted by molar-refractivity contribution is 5.35. The van der Waals surface area contributed by atoms with E-state index in [0.29, 0.717) is 6.04 Å². The Morgan fingerprint density at radius 1 is 1.30 bits per heavy atom. The molecule has 1 fully saturated rings. The van der Waals surface area contributed by atoms with E-state index in [1.54, 1.807) is 18.2 Å². The summed E-state index contributed by atoms with van der Waals surface area (Å²) in [7, 11) is 0. The summed E-state index contributed by atoms with van der Waals surface area (Å²) in [4.78, 5) is 10.5. The van der Waals surface area contributed by atoms with Gasteiger partial charge in [0.15, 0.2) is 0 Å². The first-order valence-electron chi connectivity index (χ1n) is 7.56. The largest absolute Gasteiger partial charge is 0.307 e. The van der Waals surface area contributed by atoms with Crippen molar-refractivity contribution < 1.29 is 4.92 Å². The molecule has 4 heteroatoms. The smallest absolute Gasteiger partial charge is 0.269 e. The van der Waals surface area contributed by atoms with Crippen molar-refractivity contribution in [2.24, 2.45) is 5.92 Å². The SMILES string of the molecule is CC1CCCC(NC(C)c2cccc([N+](=O)[O-])c2)CC1. The van der Waals surface area contributed by atoms with Crippen molar-refractivity contribution in [3.05, 3.63) is 39.9 Å². The van der Waals surface area contributed by atoms with Crippen molar-refractivity contribution in [2.75, 3.05) is 0 Å². The molecule has 1 saturated carbocycles. The van der Waals surface area contributed by atoms with Gasteiger partial charge in [0.2, 0.25) is 0 Å². The van der Waals surface area contributed by atoms with Gasteiger partial charge >= 0.3 is 0 Å². The van der Waals surface area contributed by atoms with Crippen LogP contribution in [0.3, 0.4) is 0 Å². The third-order valence-corrected chi connectivity index (χ3v) is 4.32. The number of non-ortho nitro benzene ring substituents is 1. The minimum Gasteiger partial charge on any atom is -0.307 e. The fourth-order valence-electron chi connectivity index (χ4n) is 3.01. The maximum atomic E-state index is 10.8. The Hall–Kier alpha value is -1.42. The van der Waals surface area contributed by atoms with Crippen molar-refractivity contribution in [3.63, 3.8) is 0 Å². The minimum atomic E-state index is -0.330. The minimum absolute atomic E-state index is 0.160. The number of nitro benzene ring substituents is 1. The molecule has 20 heavy (non-hydrogen) atoms. The fourth-order valence-corrected chi connectivity index (χ4v) is 3.01. The zero-order valence-electron chi connectivity index (χ0n) is 12.3. The molecule has 0 amide bonds. The van der Waals surface area contributed by atoms with Crippen LogP contribution in [0, 0.1) is 16.0 Å². The monoisotopic (exact) mass is 276 g/mol. The average Bonchev–Trinajstić information content (AvgIpc) is 2.64. The Labute approximate surface area is 120 Å². The maximum absolute atomic E-state index is 10.8. The van der Waals surface area contributed by atoms with E-state index in [2.05, 4.69) is 19.2 Å². The van der Waals surface area contributed by atoms with Crippen LogP contribution in [0.5, 0.6) is 0 Å². The van der Waals surface area contributed by atoms with Crippen molar-refractivity contribution in [1.29, 1.82) is 0 Å². The predicted molar refractivity (Wildman–Crippen MR) is 80.7 cm³/mol. The molecule has 1 aromatic carbocycles. The third-order valence-electron chi connectivity index (χ3n) is 4.32. The Bertz CT molecular complexity index is 462. The highest BCUT2D eigenvalue weighted by Crippen LogP contribution is 2.25. The van der Waals surface area contributed by atoms with E-state index in [-0.39, 0.29) is 16.7 Å². The molecule has 1 N–H and O–H groups in total. The van der Waals surface area contributed by atoms with Crippen LogP contribution in [0.4, 0.5) is 5.69 Å². The number of nitro groups is 1. The van der Waals surface area contributed by atoms with Gasteiger partial charge in [-0.3, -0.25) is 10.1 Å². The summed E-state index contributed by atoms with van der Waals surface area (Å²) in [5.41, 5.74) is 1.17. The van der Waals surface area contributed by atoms with Gasteiger partial charge in [-0.1, -0.05) is 31.9 Å². The molecule has 2 rings (SSSR count). The van der Waals surface area contributed by atoms with Crippen LogP contribution in [-0.4, -0.2) is 11.0 Å². The van der Waals surface area contributed by atoms with E-state index in [9.17, 15) is 10.1 Å². The van der Waals surface area contributed by atoms with Gasteiger partial charge in [0, 0.05) is 24.2 Å². The number of nitrogens with zero attached hydrogens (tertiary/aromatic N) is 1. The topological polar surface area (TPSA) is 55.2 Å². The van der Waals surface area contributed by atoms with Crippen LogP contribution < -0.4 is 5.32 Å². The molecule has 0 aromatic heterocycles. The Kier molecular flexibility index (Phi) is 5.12. The number of nitrogens with one attached hydrogen (secondary N) is 1. The van der Waals surface area contributed by atoms with Crippen LogP contribution in [0.25, 0.3) is 0 Å². The second-order valence-corrected chi connectivity index (χ2v) is 6.05. The lowest BCUT2D eigenvalue weighted by atomic mass is 10.0. The van der Waals surface area contributed by atoms with Crippen LogP contribution in [0.1, 0.15) is 57.6 Å². The molecule has 0 aliphatic heterocycles. The van der Waals surface area contributed by atoms with Crippen LogP contribution >= 0.6 is 0 Å². The van der Waals surface area contributed by atoms with Gasteiger partial charge in [0.05, 0.1) is 4.92 Å². The van der Waals surface area contributed by atoms with E-state index in [1.165, 1.54) is 32.1 Å². The van der Waals surface area contributed by atoms with E-state index in [1.807, 2.05) is 6.07 Å². The molecule has 0 bridgehead atoms. The first-order valence-corrected chi connectivity index (χ1v) is 7.56. The summed E-state index contributed by atoms with van der Waals surface area (Å²) in [5, 5.41) is 14.5.